The molecule has 2 rings (SSSR count). The van der Waals surface area contributed by atoms with Crippen molar-refractivity contribution in [1.82, 2.24) is 5.32 Å². The zero-order valence-corrected chi connectivity index (χ0v) is 14.4. The molecule has 0 aliphatic carbocycles. The largest absolute Gasteiger partial charge is 0.508 e. The second-order valence-electron chi connectivity index (χ2n) is 6.81. The summed E-state index contributed by atoms with van der Waals surface area (Å²) in [6.07, 6.45) is 1.25. The summed E-state index contributed by atoms with van der Waals surface area (Å²) < 4.78 is 0. The van der Waals surface area contributed by atoms with Gasteiger partial charge in [-0.25, -0.2) is 0 Å². The van der Waals surface area contributed by atoms with Gasteiger partial charge in [0.2, 0.25) is 0 Å². The zero-order chi connectivity index (χ0) is 17.6. The smallest absolute Gasteiger partial charge is 0.121 e. The summed E-state index contributed by atoms with van der Waals surface area (Å²) >= 11 is 0. The highest BCUT2D eigenvalue weighted by Crippen LogP contribution is 2.23. The van der Waals surface area contributed by atoms with E-state index in [0.29, 0.717) is 17.7 Å². The number of aliphatic hydroxyl groups is 2. The van der Waals surface area contributed by atoms with E-state index in [-0.39, 0.29) is 17.9 Å². The molecule has 130 valence electrons. The molecule has 24 heavy (non-hydrogen) atoms. The highest BCUT2D eigenvalue weighted by Gasteiger charge is 2.19. The number of benzene rings is 2. The standard InChI is InChI=1S/C20H27NO3/c1-20(2,11-10-15-6-4-3-5-7-15)21-13-19(24)16-8-9-18(23)17(12-16)14-22/h3-9,12,19,21-24H,10-11,13-14H2,1-2H3. The lowest BCUT2D eigenvalue weighted by molar-refractivity contribution is 0.159. The Bertz CT molecular complexity index is 641. The summed E-state index contributed by atoms with van der Waals surface area (Å²) in [6, 6.07) is 15.2. The van der Waals surface area contributed by atoms with Gasteiger partial charge in [0.25, 0.3) is 0 Å². The van der Waals surface area contributed by atoms with E-state index >= 15 is 0 Å². The van der Waals surface area contributed by atoms with Gasteiger partial charge in [-0.1, -0.05) is 36.4 Å². The molecule has 0 fully saturated rings. The van der Waals surface area contributed by atoms with Gasteiger partial charge in [-0.2, -0.15) is 0 Å². The highest BCUT2D eigenvalue weighted by atomic mass is 16.3. The molecule has 4 nitrogen and oxygen atoms in total. The van der Waals surface area contributed by atoms with Crippen molar-refractivity contribution in [1.29, 1.82) is 0 Å². The van der Waals surface area contributed by atoms with Crippen molar-refractivity contribution in [2.75, 3.05) is 6.54 Å². The molecule has 0 aromatic heterocycles. The van der Waals surface area contributed by atoms with Gasteiger partial charge in [0.15, 0.2) is 0 Å². The quantitative estimate of drug-likeness (QED) is 0.601. The molecule has 0 heterocycles. The predicted octanol–water partition coefficient (Wildman–Crippen LogP) is 2.92. The monoisotopic (exact) mass is 329 g/mol. The molecule has 0 bridgehead atoms. The average Bonchev–Trinajstić information content (AvgIpc) is 2.59. The Morgan fingerprint density at radius 3 is 2.46 bits per heavy atom. The van der Waals surface area contributed by atoms with Crippen molar-refractivity contribution in [3.05, 3.63) is 65.2 Å². The maximum atomic E-state index is 10.4. The number of rotatable bonds is 8. The first kappa shape index (κ1) is 18.5. The van der Waals surface area contributed by atoms with Crippen LogP contribution in [-0.2, 0) is 13.0 Å². The second-order valence-corrected chi connectivity index (χ2v) is 6.81. The fourth-order valence-corrected chi connectivity index (χ4v) is 2.62. The molecule has 1 atom stereocenters. The first-order valence-electron chi connectivity index (χ1n) is 8.31. The van der Waals surface area contributed by atoms with Crippen LogP contribution >= 0.6 is 0 Å². The van der Waals surface area contributed by atoms with Gasteiger partial charge in [0.1, 0.15) is 5.75 Å². The van der Waals surface area contributed by atoms with Crippen LogP contribution in [0, 0.1) is 0 Å². The molecule has 0 spiro atoms. The van der Waals surface area contributed by atoms with Crippen LogP contribution in [0.5, 0.6) is 5.75 Å². The first-order valence-corrected chi connectivity index (χ1v) is 8.31. The average molecular weight is 329 g/mol. The number of hydrogen-bond donors (Lipinski definition) is 4. The van der Waals surface area contributed by atoms with E-state index < -0.39 is 6.10 Å². The third-order valence-corrected chi connectivity index (χ3v) is 4.31. The predicted molar refractivity (Wildman–Crippen MR) is 95.8 cm³/mol. The van der Waals surface area contributed by atoms with Gasteiger partial charge in [-0.15, -0.1) is 0 Å². The molecule has 0 aliphatic rings. The third kappa shape index (κ3) is 5.34. The molecule has 1 unspecified atom stereocenters. The van der Waals surface area contributed by atoms with E-state index in [1.807, 2.05) is 18.2 Å². The Morgan fingerprint density at radius 1 is 1.08 bits per heavy atom. The number of aliphatic hydroxyl groups excluding tert-OH is 2. The van der Waals surface area contributed by atoms with Crippen molar-refractivity contribution in [3.63, 3.8) is 0 Å². The SMILES string of the molecule is CC(C)(CCc1ccccc1)NCC(O)c1ccc(O)c(CO)c1. The maximum absolute atomic E-state index is 10.4. The highest BCUT2D eigenvalue weighted by molar-refractivity contribution is 5.36. The van der Waals surface area contributed by atoms with Crippen LogP contribution < -0.4 is 5.32 Å². The van der Waals surface area contributed by atoms with Gasteiger partial charge in [-0.05, 0) is 49.9 Å². The van der Waals surface area contributed by atoms with Gasteiger partial charge < -0.3 is 20.6 Å². The Labute approximate surface area is 143 Å². The topological polar surface area (TPSA) is 72.7 Å². The van der Waals surface area contributed by atoms with Crippen LogP contribution in [0.25, 0.3) is 0 Å². The summed E-state index contributed by atoms with van der Waals surface area (Å²) in [6.45, 7) is 4.41. The Morgan fingerprint density at radius 2 is 1.79 bits per heavy atom. The van der Waals surface area contributed by atoms with Crippen LogP contribution in [0.2, 0.25) is 0 Å². The molecular formula is C20H27NO3. The number of hydrogen-bond acceptors (Lipinski definition) is 4. The van der Waals surface area contributed by atoms with Crippen molar-refractivity contribution < 1.29 is 15.3 Å². The maximum Gasteiger partial charge on any atom is 0.121 e. The summed E-state index contributed by atoms with van der Waals surface area (Å²) in [5.74, 6) is 0.0459. The minimum Gasteiger partial charge on any atom is -0.508 e. The van der Waals surface area contributed by atoms with E-state index in [0.717, 1.165) is 12.8 Å². The Kier molecular flexibility index (Phi) is 6.37. The Balaban J connectivity index is 1.88. The van der Waals surface area contributed by atoms with Crippen molar-refractivity contribution in [3.8, 4) is 5.75 Å². The number of nitrogens with one attached hydrogen (secondary N) is 1. The minimum absolute atomic E-state index is 0.0459. The summed E-state index contributed by atoms with van der Waals surface area (Å²) in [7, 11) is 0. The molecule has 4 heteroatoms. The number of phenols is 1. The van der Waals surface area contributed by atoms with Gasteiger partial charge in [0, 0.05) is 17.6 Å². The van der Waals surface area contributed by atoms with Gasteiger partial charge in [-0.3, -0.25) is 0 Å². The molecule has 0 saturated heterocycles. The molecule has 0 radical (unpaired) electrons. The van der Waals surface area contributed by atoms with Gasteiger partial charge in [0.05, 0.1) is 12.7 Å². The summed E-state index contributed by atoms with van der Waals surface area (Å²) in [4.78, 5) is 0. The van der Waals surface area contributed by atoms with Crippen molar-refractivity contribution >= 4 is 0 Å². The lowest BCUT2D eigenvalue weighted by atomic mass is 9.94. The van der Waals surface area contributed by atoms with E-state index in [9.17, 15) is 15.3 Å². The van der Waals surface area contributed by atoms with E-state index in [1.165, 1.54) is 11.6 Å². The Hall–Kier alpha value is -1.88. The van der Waals surface area contributed by atoms with E-state index in [2.05, 4.69) is 31.3 Å². The summed E-state index contributed by atoms with van der Waals surface area (Å²) in [5.41, 5.74) is 2.31. The molecular weight excluding hydrogens is 302 g/mol. The lowest BCUT2D eigenvalue weighted by Gasteiger charge is -2.28. The minimum atomic E-state index is -0.688. The molecule has 0 aliphatic heterocycles. The molecule has 2 aromatic carbocycles. The van der Waals surface area contributed by atoms with E-state index in [1.54, 1.807) is 12.1 Å². The summed E-state index contributed by atoms with van der Waals surface area (Å²) in [5, 5.41) is 32.6. The normalized spacial score (nSPS) is 13.0. The van der Waals surface area contributed by atoms with Crippen LogP contribution in [0.4, 0.5) is 0 Å². The molecule has 0 saturated carbocycles. The fraction of sp³-hybridized carbons (Fsp3) is 0.400. The first-order chi connectivity index (χ1) is 11.4. The van der Waals surface area contributed by atoms with Crippen molar-refractivity contribution in [2.24, 2.45) is 0 Å². The van der Waals surface area contributed by atoms with Crippen molar-refractivity contribution in [2.45, 2.75) is 44.9 Å². The zero-order valence-electron chi connectivity index (χ0n) is 14.4. The fourth-order valence-electron chi connectivity index (χ4n) is 2.62. The third-order valence-electron chi connectivity index (χ3n) is 4.31. The number of aryl methyl sites for hydroxylation is 1. The van der Waals surface area contributed by atoms with Crippen LogP contribution in [0.1, 0.15) is 43.1 Å². The number of aromatic hydroxyl groups is 1. The van der Waals surface area contributed by atoms with Crippen LogP contribution in [0.15, 0.2) is 48.5 Å². The molecule has 0 amide bonds. The van der Waals surface area contributed by atoms with Gasteiger partial charge >= 0.3 is 0 Å². The number of β-amino-alcohol motifs (C(OH)–C–C–N with tert-alkyl or cyclic N) is 1. The van der Waals surface area contributed by atoms with E-state index in [4.69, 9.17) is 0 Å². The lowest BCUT2D eigenvalue weighted by Crippen LogP contribution is -2.42. The van der Waals surface area contributed by atoms with Crippen LogP contribution in [-0.4, -0.2) is 27.4 Å². The van der Waals surface area contributed by atoms with Crippen LogP contribution in [0.3, 0.4) is 0 Å². The molecule has 4 N–H and O–H groups in total. The second kappa shape index (κ2) is 8.29. The molecule has 2 aromatic rings.